The molecule has 3 N–H and O–H groups in total. The van der Waals surface area contributed by atoms with Crippen LogP contribution in [0.3, 0.4) is 0 Å². The van der Waals surface area contributed by atoms with E-state index in [1.807, 2.05) is 14.0 Å². The summed E-state index contributed by atoms with van der Waals surface area (Å²) in [4.78, 5) is 10.1. The fourth-order valence-corrected chi connectivity index (χ4v) is 2.09. The molecule has 0 amide bonds. The van der Waals surface area contributed by atoms with E-state index in [2.05, 4.69) is 37.3 Å². The molecule has 3 aromatic rings. The highest BCUT2D eigenvalue weighted by molar-refractivity contribution is 5.96. The van der Waals surface area contributed by atoms with Gasteiger partial charge < -0.3 is 11.1 Å². The Morgan fingerprint density at radius 1 is 1.18 bits per heavy atom. The highest BCUT2D eigenvalue weighted by Gasteiger charge is 2.06. The maximum atomic E-state index is 5.79. The van der Waals surface area contributed by atoms with Crippen LogP contribution in [0.4, 0.5) is 11.6 Å². The fraction of sp³-hybridized carbons (Fsp3) is 0.200. The molecule has 0 aliphatic heterocycles. The number of hydrogen-bond acceptors (Lipinski definition) is 6. The Bertz CT molecular complexity index is 886. The molecule has 0 unspecified atom stereocenters. The monoisotopic (exact) mass is 293 g/mol. The Morgan fingerprint density at radius 3 is 2.77 bits per heavy atom. The molecule has 0 radical (unpaired) electrons. The summed E-state index contributed by atoms with van der Waals surface area (Å²) in [5.41, 5.74) is 7.18. The number of hydrogen-bond donors (Lipinski definition) is 2. The summed E-state index contributed by atoms with van der Waals surface area (Å²) in [6, 6.07) is 1.80. The van der Waals surface area contributed by atoms with Gasteiger partial charge in [-0.15, -0.1) is 5.10 Å². The van der Waals surface area contributed by atoms with Gasteiger partial charge in [0.25, 0.3) is 0 Å². The van der Waals surface area contributed by atoms with Gasteiger partial charge in [-0.25, -0.2) is 9.97 Å². The van der Waals surface area contributed by atoms with Gasteiger partial charge in [-0.1, -0.05) is 5.92 Å². The number of nitrogens with zero attached hydrogens (tertiary/aromatic N) is 5. The van der Waals surface area contributed by atoms with Crippen molar-refractivity contribution in [3.05, 3.63) is 35.9 Å². The average Bonchev–Trinajstić information content (AvgIpc) is 3.00. The Hall–Kier alpha value is -3.14. The van der Waals surface area contributed by atoms with E-state index < -0.39 is 0 Å². The molecular weight excluding hydrogens is 278 g/mol. The van der Waals surface area contributed by atoms with Gasteiger partial charge in [0.05, 0.1) is 18.3 Å². The van der Waals surface area contributed by atoms with Crippen LogP contribution in [0, 0.1) is 11.8 Å². The highest BCUT2D eigenvalue weighted by Crippen LogP contribution is 2.24. The Morgan fingerprint density at radius 2 is 2.05 bits per heavy atom. The quantitative estimate of drug-likeness (QED) is 0.691. The van der Waals surface area contributed by atoms with E-state index in [4.69, 9.17) is 5.73 Å². The van der Waals surface area contributed by atoms with Gasteiger partial charge in [-0.05, 0) is 18.9 Å². The van der Waals surface area contributed by atoms with E-state index >= 15 is 0 Å². The second-order valence-corrected chi connectivity index (χ2v) is 4.59. The van der Waals surface area contributed by atoms with E-state index in [1.165, 1.54) is 0 Å². The molecular formula is C15H15N7. The topological polar surface area (TPSA) is 94.5 Å². The molecule has 0 spiro atoms. The van der Waals surface area contributed by atoms with Crippen LogP contribution in [0.1, 0.15) is 18.2 Å². The van der Waals surface area contributed by atoms with Gasteiger partial charge in [0.15, 0.2) is 5.69 Å². The summed E-state index contributed by atoms with van der Waals surface area (Å²) >= 11 is 0. The molecule has 3 rings (SSSR count). The molecule has 0 saturated carbocycles. The first-order valence-electron chi connectivity index (χ1n) is 6.85. The van der Waals surface area contributed by atoms with Gasteiger partial charge in [0.2, 0.25) is 0 Å². The number of pyridine rings is 2. The average molecular weight is 293 g/mol. The maximum Gasteiger partial charge on any atom is 0.155 e. The molecule has 0 atom stereocenters. The predicted molar refractivity (Wildman–Crippen MR) is 85.2 cm³/mol. The van der Waals surface area contributed by atoms with Crippen LogP contribution < -0.4 is 11.1 Å². The largest absolute Gasteiger partial charge is 0.384 e. The summed E-state index contributed by atoms with van der Waals surface area (Å²) in [5.74, 6) is 7.26. The molecule has 0 aliphatic carbocycles. The van der Waals surface area contributed by atoms with Gasteiger partial charge in [0, 0.05) is 30.2 Å². The lowest BCUT2D eigenvalue weighted by Gasteiger charge is -2.06. The minimum Gasteiger partial charge on any atom is -0.384 e. The van der Waals surface area contributed by atoms with Crippen molar-refractivity contribution in [1.82, 2.24) is 25.0 Å². The normalized spacial score (nSPS) is 10.3. The molecule has 0 aliphatic rings. The lowest BCUT2D eigenvalue weighted by atomic mass is 10.1. The molecule has 0 aromatic carbocycles. The molecule has 7 nitrogen and oxygen atoms in total. The second-order valence-electron chi connectivity index (χ2n) is 4.59. The van der Waals surface area contributed by atoms with Crippen LogP contribution in [0.2, 0.25) is 0 Å². The molecule has 0 fully saturated rings. The first kappa shape index (κ1) is 13.8. The molecule has 0 saturated heterocycles. The number of nitrogens with one attached hydrogen (secondary N) is 1. The first-order chi connectivity index (χ1) is 10.7. The maximum absolute atomic E-state index is 5.79. The zero-order valence-corrected chi connectivity index (χ0v) is 12.3. The summed E-state index contributed by atoms with van der Waals surface area (Å²) in [5, 5.41) is 13.2. The molecule has 0 bridgehead atoms. The van der Waals surface area contributed by atoms with E-state index in [0.717, 1.165) is 22.2 Å². The van der Waals surface area contributed by atoms with Crippen LogP contribution in [-0.2, 0) is 6.54 Å². The minimum atomic E-state index is 0.445. The summed E-state index contributed by atoms with van der Waals surface area (Å²) in [6.07, 6.45) is 5.05. The van der Waals surface area contributed by atoms with Gasteiger partial charge in [-0.2, -0.15) is 9.90 Å². The van der Waals surface area contributed by atoms with Crippen molar-refractivity contribution in [2.45, 2.75) is 13.5 Å². The van der Waals surface area contributed by atoms with E-state index in [-0.39, 0.29) is 0 Å². The standard InChI is InChI=1S/C15H15N7/c1-3-22-20-8-11(21-22)5-4-10-7-19-15(17-2)13-9-18-14(16)6-12(10)13/h6-9H,3H2,1-2H3,(H2,16,18)(H,17,19). The van der Waals surface area contributed by atoms with Crippen LogP contribution in [0.25, 0.3) is 10.8 Å². The Labute approximate surface area is 127 Å². The van der Waals surface area contributed by atoms with Crippen molar-refractivity contribution in [2.75, 3.05) is 18.1 Å². The summed E-state index contributed by atoms with van der Waals surface area (Å²) < 4.78 is 0. The number of fused-ring (bicyclic) bond motifs is 1. The number of anilines is 2. The zero-order valence-electron chi connectivity index (χ0n) is 12.3. The summed E-state index contributed by atoms with van der Waals surface area (Å²) in [6.45, 7) is 2.69. The zero-order chi connectivity index (χ0) is 15.5. The number of nitrogen functional groups attached to an aromatic ring is 1. The summed E-state index contributed by atoms with van der Waals surface area (Å²) in [7, 11) is 1.81. The second kappa shape index (κ2) is 5.69. The van der Waals surface area contributed by atoms with Crippen LogP contribution in [-0.4, -0.2) is 32.0 Å². The Kier molecular flexibility index (Phi) is 3.58. The van der Waals surface area contributed by atoms with Crippen molar-refractivity contribution in [3.63, 3.8) is 0 Å². The van der Waals surface area contributed by atoms with E-state index in [9.17, 15) is 0 Å². The number of rotatable bonds is 2. The highest BCUT2D eigenvalue weighted by atomic mass is 15.5. The number of aromatic nitrogens is 5. The third-order valence-corrected chi connectivity index (χ3v) is 3.17. The molecule has 22 heavy (non-hydrogen) atoms. The van der Waals surface area contributed by atoms with E-state index in [1.54, 1.807) is 29.5 Å². The Balaban J connectivity index is 2.09. The minimum absolute atomic E-state index is 0.445. The SMILES string of the molecule is CCn1ncc(C#Cc2cnc(NC)c3cnc(N)cc23)n1. The number of aryl methyl sites for hydroxylation is 1. The smallest absolute Gasteiger partial charge is 0.155 e. The molecule has 3 aromatic heterocycles. The van der Waals surface area contributed by atoms with E-state index in [0.29, 0.717) is 18.1 Å². The third-order valence-electron chi connectivity index (χ3n) is 3.17. The van der Waals surface area contributed by atoms with Crippen molar-refractivity contribution in [2.24, 2.45) is 0 Å². The molecule has 110 valence electrons. The third kappa shape index (κ3) is 2.54. The van der Waals surface area contributed by atoms with Crippen molar-refractivity contribution >= 4 is 22.4 Å². The lowest BCUT2D eigenvalue weighted by molar-refractivity contribution is 0.568. The van der Waals surface area contributed by atoms with Crippen LogP contribution in [0.5, 0.6) is 0 Å². The lowest BCUT2D eigenvalue weighted by Crippen LogP contribution is -1.98. The van der Waals surface area contributed by atoms with Gasteiger partial charge in [0.1, 0.15) is 11.6 Å². The molecule has 7 heteroatoms. The van der Waals surface area contributed by atoms with Crippen molar-refractivity contribution in [1.29, 1.82) is 0 Å². The van der Waals surface area contributed by atoms with Crippen LogP contribution >= 0.6 is 0 Å². The number of nitrogens with two attached hydrogens (primary N) is 1. The molecule has 3 heterocycles. The fourth-order valence-electron chi connectivity index (χ4n) is 2.09. The van der Waals surface area contributed by atoms with Gasteiger partial charge in [-0.3, -0.25) is 0 Å². The van der Waals surface area contributed by atoms with Crippen molar-refractivity contribution in [3.8, 4) is 11.8 Å². The van der Waals surface area contributed by atoms with Gasteiger partial charge >= 0.3 is 0 Å². The first-order valence-corrected chi connectivity index (χ1v) is 6.85. The van der Waals surface area contributed by atoms with Crippen molar-refractivity contribution < 1.29 is 0 Å². The van der Waals surface area contributed by atoms with Crippen LogP contribution in [0.15, 0.2) is 24.7 Å². The predicted octanol–water partition coefficient (Wildman–Crippen LogP) is 1.26.